The fourth-order valence-electron chi connectivity index (χ4n) is 1.68. The van der Waals surface area contributed by atoms with Crippen LogP contribution in [0.4, 0.5) is 0 Å². The largest absolute Gasteiger partial charge is 0.396 e. The topological polar surface area (TPSA) is 32.3 Å². The summed E-state index contributed by atoms with van der Waals surface area (Å²) in [5.74, 6) is 1.34. The van der Waals surface area contributed by atoms with Crippen molar-refractivity contribution in [3.63, 3.8) is 0 Å². The Morgan fingerprint density at radius 2 is 2.17 bits per heavy atom. The number of benzene rings is 1. The van der Waals surface area contributed by atoms with E-state index in [-0.39, 0.29) is 6.61 Å². The highest BCUT2D eigenvalue weighted by Gasteiger charge is 2.04. The molecular formula is C15H25NOS. The Kier molecular flexibility index (Phi) is 7.40. The van der Waals surface area contributed by atoms with E-state index >= 15 is 0 Å². The molecule has 1 aromatic rings. The van der Waals surface area contributed by atoms with Crippen LogP contribution in [0.25, 0.3) is 0 Å². The smallest absolute Gasteiger partial charge is 0.0464 e. The van der Waals surface area contributed by atoms with Crippen molar-refractivity contribution >= 4 is 11.8 Å². The molecule has 0 aromatic heterocycles. The highest BCUT2D eigenvalue weighted by molar-refractivity contribution is 7.99. The monoisotopic (exact) mass is 267 g/mol. The van der Waals surface area contributed by atoms with Gasteiger partial charge in [0, 0.05) is 23.8 Å². The molecule has 2 N–H and O–H groups in total. The summed E-state index contributed by atoms with van der Waals surface area (Å²) in [5, 5.41) is 12.4. The van der Waals surface area contributed by atoms with Crippen molar-refractivity contribution in [3.8, 4) is 0 Å². The Hall–Kier alpha value is -0.510. The van der Waals surface area contributed by atoms with Crippen molar-refractivity contribution in [1.29, 1.82) is 0 Å². The van der Waals surface area contributed by atoms with E-state index < -0.39 is 0 Å². The van der Waals surface area contributed by atoms with Crippen LogP contribution < -0.4 is 5.32 Å². The van der Waals surface area contributed by atoms with Crippen LogP contribution in [-0.4, -0.2) is 24.0 Å². The molecule has 1 atom stereocenters. The lowest BCUT2D eigenvalue weighted by atomic mass is 10.1. The number of aryl methyl sites for hydroxylation is 1. The van der Waals surface area contributed by atoms with Crippen molar-refractivity contribution in [2.75, 3.05) is 18.9 Å². The van der Waals surface area contributed by atoms with Gasteiger partial charge in [-0.05, 0) is 43.0 Å². The fourth-order valence-corrected chi connectivity index (χ4v) is 2.70. The van der Waals surface area contributed by atoms with Gasteiger partial charge in [-0.15, -0.1) is 11.8 Å². The summed E-state index contributed by atoms with van der Waals surface area (Å²) in [4.78, 5) is 1.33. The van der Waals surface area contributed by atoms with Crippen molar-refractivity contribution in [2.45, 2.75) is 38.6 Å². The van der Waals surface area contributed by atoms with Crippen LogP contribution >= 0.6 is 11.8 Å². The van der Waals surface area contributed by atoms with Gasteiger partial charge in [-0.25, -0.2) is 0 Å². The molecule has 0 bridgehead atoms. The molecule has 2 nitrogen and oxygen atoms in total. The van der Waals surface area contributed by atoms with E-state index in [4.69, 9.17) is 5.11 Å². The lowest BCUT2D eigenvalue weighted by Crippen LogP contribution is -2.13. The van der Waals surface area contributed by atoms with Gasteiger partial charge in [-0.1, -0.05) is 26.0 Å². The van der Waals surface area contributed by atoms with Gasteiger partial charge in [0.25, 0.3) is 0 Å². The summed E-state index contributed by atoms with van der Waals surface area (Å²) >= 11 is 1.84. The maximum absolute atomic E-state index is 9.03. The van der Waals surface area contributed by atoms with Gasteiger partial charge in [0.1, 0.15) is 0 Å². The van der Waals surface area contributed by atoms with Crippen molar-refractivity contribution in [2.24, 2.45) is 5.92 Å². The maximum atomic E-state index is 9.03. The predicted molar refractivity (Wildman–Crippen MR) is 80.2 cm³/mol. The SMILES string of the molecule is CCCNCc1ccc(SCC(C)CO)c(C)c1. The Morgan fingerprint density at radius 3 is 2.78 bits per heavy atom. The van der Waals surface area contributed by atoms with Crippen molar-refractivity contribution < 1.29 is 5.11 Å². The normalized spacial score (nSPS) is 12.7. The zero-order valence-corrected chi connectivity index (χ0v) is 12.5. The van der Waals surface area contributed by atoms with Crippen LogP contribution in [0.5, 0.6) is 0 Å². The zero-order chi connectivity index (χ0) is 13.4. The van der Waals surface area contributed by atoms with Gasteiger partial charge in [0.05, 0.1) is 0 Å². The Morgan fingerprint density at radius 1 is 1.39 bits per heavy atom. The number of hydrogen-bond donors (Lipinski definition) is 2. The van der Waals surface area contributed by atoms with Crippen LogP contribution in [0.2, 0.25) is 0 Å². The number of aliphatic hydroxyl groups excluding tert-OH is 1. The molecule has 18 heavy (non-hydrogen) atoms. The van der Waals surface area contributed by atoms with E-state index in [1.807, 2.05) is 11.8 Å². The molecule has 1 aromatic carbocycles. The first-order valence-electron chi connectivity index (χ1n) is 6.71. The third kappa shape index (κ3) is 5.42. The van der Waals surface area contributed by atoms with E-state index in [2.05, 4.69) is 44.3 Å². The quantitative estimate of drug-likeness (QED) is 0.560. The molecule has 3 heteroatoms. The molecule has 0 spiro atoms. The van der Waals surface area contributed by atoms with Crippen LogP contribution in [-0.2, 0) is 6.54 Å². The number of hydrogen-bond acceptors (Lipinski definition) is 3. The summed E-state index contributed by atoms with van der Waals surface area (Å²) in [7, 11) is 0. The lowest BCUT2D eigenvalue weighted by Gasteiger charge is -2.11. The minimum absolute atomic E-state index is 0.269. The van der Waals surface area contributed by atoms with Crippen LogP contribution in [0.3, 0.4) is 0 Å². The van der Waals surface area contributed by atoms with E-state index in [1.165, 1.54) is 22.4 Å². The predicted octanol–water partition coefficient (Wildman–Crippen LogP) is 3.22. The van der Waals surface area contributed by atoms with E-state index in [9.17, 15) is 0 Å². The second-order valence-electron chi connectivity index (χ2n) is 4.88. The van der Waals surface area contributed by atoms with Gasteiger partial charge < -0.3 is 10.4 Å². The van der Waals surface area contributed by atoms with E-state index in [1.54, 1.807) is 0 Å². The third-order valence-corrected chi connectivity index (χ3v) is 4.34. The summed E-state index contributed by atoms with van der Waals surface area (Å²) in [6, 6.07) is 6.66. The average Bonchev–Trinajstić information content (AvgIpc) is 2.37. The Bertz CT molecular complexity index is 354. The van der Waals surface area contributed by atoms with Gasteiger partial charge >= 0.3 is 0 Å². The first kappa shape index (κ1) is 15.5. The number of rotatable bonds is 8. The van der Waals surface area contributed by atoms with E-state index in [0.29, 0.717) is 5.92 Å². The first-order valence-corrected chi connectivity index (χ1v) is 7.69. The van der Waals surface area contributed by atoms with Crippen LogP contribution in [0.1, 0.15) is 31.4 Å². The maximum Gasteiger partial charge on any atom is 0.0464 e. The molecule has 0 amide bonds. The highest BCUT2D eigenvalue weighted by Crippen LogP contribution is 2.25. The van der Waals surface area contributed by atoms with Gasteiger partial charge in [0.2, 0.25) is 0 Å². The third-order valence-electron chi connectivity index (χ3n) is 2.83. The molecule has 0 saturated carbocycles. The molecule has 0 heterocycles. The van der Waals surface area contributed by atoms with Crippen LogP contribution in [0, 0.1) is 12.8 Å². The molecule has 0 saturated heterocycles. The molecule has 1 rings (SSSR count). The molecule has 0 aliphatic carbocycles. The summed E-state index contributed by atoms with van der Waals surface area (Å²) < 4.78 is 0. The molecule has 102 valence electrons. The summed E-state index contributed by atoms with van der Waals surface area (Å²) in [6.07, 6.45) is 1.17. The zero-order valence-electron chi connectivity index (χ0n) is 11.7. The molecular weight excluding hydrogens is 242 g/mol. The van der Waals surface area contributed by atoms with Crippen molar-refractivity contribution in [3.05, 3.63) is 29.3 Å². The number of thioether (sulfide) groups is 1. The second kappa shape index (κ2) is 8.57. The fraction of sp³-hybridized carbons (Fsp3) is 0.600. The molecule has 1 unspecified atom stereocenters. The second-order valence-corrected chi connectivity index (χ2v) is 5.94. The summed E-state index contributed by atoms with van der Waals surface area (Å²) in [5.41, 5.74) is 2.68. The van der Waals surface area contributed by atoms with Gasteiger partial charge in [-0.2, -0.15) is 0 Å². The van der Waals surface area contributed by atoms with Crippen LogP contribution in [0.15, 0.2) is 23.1 Å². The minimum atomic E-state index is 0.269. The highest BCUT2D eigenvalue weighted by atomic mass is 32.2. The first-order chi connectivity index (χ1) is 8.67. The van der Waals surface area contributed by atoms with Crippen molar-refractivity contribution in [1.82, 2.24) is 5.32 Å². The minimum Gasteiger partial charge on any atom is -0.396 e. The molecule has 0 fully saturated rings. The molecule has 0 aliphatic rings. The standard InChI is InChI=1S/C15H25NOS/c1-4-7-16-9-14-5-6-15(13(3)8-14)18-11-12(2)10-17/h5-6,8,12,16-17H,4,7,9-11H2,1-3H3. The van der Waals surface area contributed by atoms with Gasteiger partial charge in [-0.3, -0.25) is 0 Å². The number of nitrogens with one attached hydrogen (secondary N) is 1. The van der Waals surface area contributed by atoms with E-state index in [0.717, 1.165) is 18.8 Å². The molecule has 0 radical (unpaired) electrons. The Balaban J connectivity index is 2.51. The average molecular weight is 267 g/mol. The van der Waals surface area contributed by atoms with Gasteiger partial charge in [0.15, 0.2) is 0 Å². The Labute approximate surface area is 115 Å². The summed E-state index contributed by atoms with van der Waals surface area (Å²) in [6.45, 7) is 8.71. The molecule has 0 aliphatic heterocycles. The lowest BCUT2D eigenvalue weighted by molar-refractivity contribution is 0.250. The number of aliphatic hydroxyl groups is 1.